The van der Waals surface area contributed by atoms with E-state index < -0.39 is 20.5 Å². The van der Waals surface area contributed by atoms with Gasteiger partial charge in [-0.05, 0) is 76.2 Å². The summed E-state index contributed by atoms with van der Waals surface area (Å²) in [5.74, 6) is 0. The summed E-state index contributed by atoms with van der Waals surface area (Å²) in [7, 11) is -9.89. The molecule has 0 saturated carbocycles. The Balaban J connectivity index is -0.000000244. The van der Waals surface area contributed by atoms with E-state index >= 15 is 0 Å². The van der Waals surface area contributed by atoms with E-state index in [1.165, 1.54) is 0 Å². The molecule has 0 aliphatic rings. The van der Waals surface area contributed by atoms with Crippen molar-refractivity contribution in [2.75, 3.05) is 0 Å². The van der Waals surface area contributed by atoms with Crippen molar-refractivity contribution in [3.8, 4) is 0 Å². The molecule has 274 valence electrons. The van der Waals surface area contributed by atoms with Crippen LogP contribution in [-0.4, -0.2) is 30.1 Å². The minimum absolute atomic E-state index is 0. The van der Waals surface area contributed by atoms with Crippen LogP contribution < -0.4 is 47.5 Å². The first-order valence-corrected chi connectivity index (χ1v) is 15.1. The molecule has 4 rings (SSSR count). The molecule has 0 amide bonds. The number of hydrogen-bond donors (Lipinski definition) is 2. The van der Waals surface area contributed by atoms with Gasteiger partial charge in [-0.2, -0.15) is 0 Å². The van der Waals surface area contributed by atoms with Crippen LogP contribution in [0, 0.1) is 48.2 Å². The van der Waals surface area contributed by atoms with Gasteiger partial charge in [0.2, 0.25) is 0 Å². The molecule has 0 spiro atoms. The largest absolute Gasteiger partial charge is 2.00 e. The van der Waals surface area contributed by atoms with Gasteiger partial charge in [0.25, 0.3) is 0 Å². The summed E-state index contributed by atoms with van der Waals surface area (Å²) in [5.41, 5.74) is 6.41. The van der Waals surface area contributed by atoms with Crippen LogP contribution in [0.15, 0.2) is 72.8 Å². The molecule has 0 aromatic carbocycles. The van der Waals surface area contributed by atoms with Crippen LogP contribution in [0.4, 0.5) is 0 Å². The van der Waals surface area contributed by atoms with E-state index in [2.05, 4.69) is 19.9 Å². The second-order valence-corrected chi connectivity index (χ2v) is 9.95. The zero-order chi connectivity index (χ0) is 35.8. The Hall–Kier alpha value is -2.26. The quantitative estimate of drug-likeness (QED) is 0.181. The monoisotopic (exact) mass is 814 g/mol. The van der Waals surface area contributed by atoms with Crippen molar-refractivity contribution < 1.29 is 112 Å². The molecule has 48 heavy (non-hydrogen) atoms. The smallest absolute Gasteiger partial charge is 0.850 e. The number of pyridine rings is 4. The average molecular weight is 817 g/mol. The van der Waals surface area contributed by atoms with Gasteiger partial charge in [-0.15, -0.1) is 20.5 Å². The summed E-state index contributed by atoms with van der Waals surface area (Å²) in [5, 5.41) is 37.6. The van der Waals surface area contributed by atoms with Gasteiger partial charge in [0.05, 0.1) is 24.6 Å². The van der Waals surface area contributed by atoms with Crippen molar-refractivity contribution in [1.82, 2.24) is 19.9 Å². The molecule has 0 saturated heterocycles. The topological polar surface area (TPSA) is 323 Å². The molecule has 16 nitrogen and oxygen atoms in total. The number of nitrogens with zero attached hydrogens (tertiary/aromatic N) is 4. The Morgan fingerprint density at radius 2 is 0.625 bits per heavy atom. The molecule has 0 aliphatic carbocycles. The van der Waals surface area contributed by atoms with Gasteiger partial charge in [0.15, 0.2) is 0 Å². The Kier molecular flexibility index (Phi) is 32.4. The van der Waals surface area contributed by atoms with Crippen LogP contribution in [0.2, 0.25) is 0 Å². The number of rotatable bonds is 4. The second-order valence-electron chi connectivity index (χ2n) is 8.44. The van der Waals surface area contributed by atoms with Gasteiger partial charge >= 0.3 is 34.1 Å². The standard InChI is InChI=1S/2C7H9NO.2C7H8NO.2ClHO4.2Cu/c4*1-6-3-2-4-7(5-9)8-6;2*2-1(3,4)5;;/h2*2-4,9H,5H2,1H3;2*2-4H,5H2,1H3;2*(H,2,3,4,5);;/q;;2*-1;;;2*+2/p-2. The fourth-order valence-corrected chi connectivity index (χ4v) is 2.73. The van der Waals surface area contributed by atoms with Gasteiger partial charge < -0.3 is 20.4 Å². The molecule has 2 radical (unpaired) electrons. The van der Waals surface area contributed by atoms with E-state index in [0.29, 0.717) is 11.4 Å². The fourth-order valence-electron chi connectivity index (χ4n) is 2.73. The van der Waals surface area contributed by atoms with Gasteiger partial charge in [-0.1, -0.05) is 37.5 Å². The summed E-state index contributed by atoms with van der Waals surface area (Å²) < 4.78 is 67.9. The number of hydrogen-bond acceptors (Lipinski definition) is 16. The van der Waals surface area contributed by atoms with E-state index in [-0.39, 0.29) is 60.6 Å². The Morgan fingerprint density at radius 3 is 0.750 bits per heavy atom. The first-order valence-electron chi connectivity index (χ1n) is 12.6. The third-order valence-electron chi connectivity index (χ3n) is 4.40. The fraction of sp³-hybridized carbons (Fsp3) is 0.286. The molecule has 2 N–H and O–H groups in total. The van der Waals surface area contributed by atoms with Crippen molar-refractivity contribution in [3.05, 3.63) is 118 Å². The van der Waals surface area contributed by atoms with Crippen molar-refractivity contribution >= 4 is 0 Å². The van der Waals surface area contributed by atoms with Crippen molar-refractivity contribution in [1.29, 1.82) is 0 Å². The van der Waals surface area contributed by atoms with Crippen LogP contribution in [0.1, 0.15) is 45.6 Å². The molecule has 0 bridgehead atoms. The molecule has 0 unspecified atom stereocenters. The van der Waals surface area contributed by atoms with E-state index in [4.69, 9.17) is 47.5 Å². The van der Waals surface area contributed by atoms with E-state index in [1.807, 2.05) is 76.2 Å². The van der Waals surface area contributed by atoms with E-state index in [9.17, 15) is 10.2 Å². The van der Waals surface area contributed by atoms with Crippen molar-refractivity contribution in [2.45, 2.75) is 54.1 Å². The molecular weight excluding hydrogens is 782 g/mol. The molecular formula is C28H34Cl2Cu2N4O12. The Labute approximate surface area is 303 Å². The predicted molar refractivity (Wildman–Crippen MR) is 135 cm³/mol. The maximum Gasteiger partial charge on any atom is 2.00 e. The molecule has 0 fully saturated rings. The average Bonchev–Trinajstić information content (AvgIpc) is 2.96. The van der Waals surface area contributed by atoms with E-state index in [0.717, 1.165) is 34.2 Å². The molecule has 0 atom stereocenters. The number of aliphatic hydroxyl groups is 2. The zero-order valence-corrected chi connectivity index (χ0v) is 29.3. The number of aromatic nitrogens is 4. The van der Waals surface area contributed by atoms with Crippen LogP contribution in [-0.2, 0) is 60.6 Å². The molecule has 0 aliphatic heterocycles. The normalized spacial score (nSPS) is 9.67. The van der Waals surface area contributed by atoms with Gasteiger partial charge in [0.1, 0.15) is 0 Å². The molecule has 20 heteroatoms. The summed E-state index contributed by atoms with van der Waals surface area (Å²) in [6.07, 6.45) is 0. The molecule has 4 aromatic rings. The Bertz CT molecular complexity index is 1170. The maximum absolute atomic E-state index is 10.2. The zero-order valence-electron chi connectivity index (χ0n) is 25.9. The summed E-state index contributed by atoms with van der Waals surface area (Å²) in [4.78, 5) is 16.0. The number of aryl methyl sites for hydroxylation is 4. The van der Waals surface area contributed by atoms with Gasteiger partial charge in [-0.25, -0.2) is 37.3 Å². The minimum atomic E-state index is -4.94. The summed E-state index contributed by atoms with van der Waals surface area (Å²) in [6.45, 7) is 7.17. The number of aliphatic hydroxyl groups excluding tert-OH is 2. The maximum atomic E-state index is 10.2. The van der Waals surface area contributed by atoms with Crippen LogP contribution >= 0.6 is 0 Å². The first-order chi connectivity index (χ1) is 21.3. The van der Waals surface area contributed by atoms with Crippen molar-refractivity contribution in [2.24, 2.45) is 0 Å². The first kappa shape index (κ1) is 52.6. The second kappa shape index (κ2) is 29.6. The van der Waals surface area contributed by atoms with Crippen LogP contribution in [0.25, 0.3) is 0 Å². The minimum Gasteiger partial charge on any atom is -0.850 e. The number of halogens is 2. The van der Waals surface area contributed by atoms with Crippen molar-refractivity contribution in [3.63, 3.8) is 0 Å². The molecule has 4 aromatic heterocycles. The predicted octanol–water partition coefficient (Wildman–Crippen LogP) is -7.25. The van der Waals surface area contributed by atoms with E-state index in [1.54, 1.807) is 24.3 Å². The molecule has 4 heterocycles. The van der Waals surface area contributed by atoms with Crippen LogP contribution in [0.5, 0.6) is 0 Å². The van der Waals surface area contributed by atoms with Gasteiger partial charge in [0, 0.05) is 34.2 Å². The third kappa shape index (κ3) is 38.2. The van der Waals surface area contributed by atoms with Crippen LogP contribution in [0.3, 0.4) is 0 Å². The Morgan fingerprint density at radius 1 is 0.438 bits per heavy atom. The summed E-state index contributed by atoms with van der Waals surface area (Å²) in [6, 6.07) is 22.1. The third-order valence-corrected chi connectivity index (χ3v) is 4.40. The SMILES string of the molecule is Cc1cccc(CO)n1.Cc1cccc(CO)n1.Cc1cccc(C[O-])n1.Cc1cccc(C[O-])n1.[Cu+2].[Cu+2].[O-][Cl+3]([O-])([O-])[O-].[O-][Cl+3]([O-])([O-])[O-]. The summed E-state index contributed by atoms with van der Waals surface area (Å²) >= 11 is 0. The van der Waals surface area contributed by atoms with Gasteiger partial charge in [-0.3, -0.25) is 19.9 Å².